The molecular formula is C76H152N2O6P+. The number of phosphoric ester groups is 1. The molecule has 3 N–H and O–H groups in total. The molecule has 0 aromatic rings. The van der Waals surface area contributed by atoms with Crippen LogP contribution in [-0.2, 0) is 18.4 Å². The first-order valence-corrected chi connectivity index (χ1v) is 39.7. The Morgan fingerprint density at radius 1 is 0.400 bits per heavy atom. The number of unbranched alkanes of at least 4 members (excludes halogenated alkanes) is 55. The molecule has 0 aliphatic heterocycles. The van der Waals surface area contributed by atoms with Crippen LogP contribution < -0.4 is 5.32 Å². The van der Waals surface area contributed by atoms with Crippen molar-refractivity contribution in [3.63, 3.8) is 0 Å². The Kier molecular flexibility index (Phi) is 66.6. The Labute approximate surface area is 532 Å². The summed E-state index contributed by atoms with van der Waals surface area (Å²) in [6, 6.07) is -0.759. The first-order chi connectivity index (χ1) is 41.5. The second-order valence-corrected chi connectivity index (χ2v) is 29.2. The number of hydrogen-bond acceptors (Lipinski definition) is 5. The predicted octanol–water partition coefficient (Wildman–Crippen LogP) is 24.6. The summed E-state index contributed by atoms with van der Waals surface area (Å²) in [5.74, 6) is -0.134. The van der Waals surface area contributed by atoms with Crippen LogP contribution in [0.1, 0.15) is 406 Å². The molecule has 0 aliphatic rings. The van der Waals surface area contributed by atoms with Crippen molar-refractivity contribution in [1.29, 1.82) is 0 Å². The number of phosphoric acid groups is 1. The van der Waals surface area contributed by atoms with Crippen LogP contribution in [0.15, 0.2) is 24.3 Å². The number of likely N-dealkylation sites (N-methyl/N-ethyl adjacent to an activating group) is 1. The molecule has 0 rings (SSSR count). The van der Waals surface area contributed by atoms with Gasteiger partial charge in [0.1, 0.15) is 13.2 Å². The van der Waals surface area contributed by atoms with E-state index in [1.54, 1.807) is 0 Å². The highest BCUT2D eigenvalue weighted by Crippen LogP contribution is 2.43. The third-order valence-electron chi connectivity index (χ3n) is 18.0. The lowest BCUT2D eigenvalue weighted by Gasteiger charge is -2.26. The molecule has 8 nitrogen and oxygen atoms in total. The van der Waals surface area contributed by atoms with Gasteiger partial charge < -0.3 is 19.8 Å². The molecule has 0 fully saturated rings. The topological polar surface area (TPSA) is 105 Å². The van der Waals surface area contributed by atoms with Crippen molar-refractivity contribution in [3.8, 4) is 0 Å². The number of allylic oxidation sites excluding steroid dienone is 4. The number of nitrogens with zero attached hydrogens (tertiary/aromatic N) is 1. The highest BCUT2D eigenvalue weighted by molar-refractivity contribution is 7.47. The van der Waals surface area contributed by atoms with Crippen LogP contribution in [0.2, 0.25) is 0 Å². The number of amides is 1. The van der Waals surface area contributed by atoms with Crippen LogP contribution in [0, 0.1) is 0 Å². The molecule has 9 heteroatoms. The monoisotopic (exact) mass is 1220 g/mol. The number of nitrogens with one attached hydrogen (secondary N) is 1. The summed E-state index contributed by atoms with van der Waals surface area (Å²) in [4.78, 5) is 23.5. The molecule has 0 saturated heterocycles. The van der Waals surface area contributed by atoms with E-state index in [1.165, 1.54) is 334 Å². The summed E-state index contributed by atoms with van der Waals surface area (Å²) in [6.45, 7) is 4.95. The smallest absolute Gasteiger partial charge is 0.391 e. The second kappa shape index (κ2) is 67.4. The van der Waals surface area contributed by atoms with E-state index in [1.807, 2.05) is 21.1 Å². The number of carbonyl (C=O) groups is 1. The van der Waals surface area contributed by atoms with Gasteiger partial charge in [-0.1, -0.05) is 378 Å². The van der Waals surface area contributed by atoms with Crippen molar-refractivity contribution in [3.05, 3.63) is 24.3 Å². The third kappa shape index (κ3) is 70.3. The quantitative estimate of drug-likeness (QED) is 0.0243. The molecule has 0 heterocycles. The first-order valence-electron chi connectivity index (χ1n) is 38.2. The van der Waals surface area contributed by atoms with Crippen molar-refractivity contribution < 1.29 is 32.9 Å². The number of quaternary nitrogens is 1. The Morgan fingerprint density at radius 2 is 0.671 bits per heavy atom. The zero-order chi connectivity index (χ0) is 61.9. The number of rotatable bonds is 72. The van der Waals surface area contributed by atoms with Crippen LogP contribution in [0.5, 0.6) is 0 Å². The maximum atomic E-state index is 13.1. The fraction of sp³-hybridized carbons (Fsp3) is 0.934. The zero-order valence-corrected chi connectivity index (χ0v) is 59.0. The second-order valence-electron chi connectivity index (χ2n) is 27.7. The zero-order valence-electron chi connectivity index (χ0n) is 58.1. The lowest BCUT2D eigenvalue weighted by molar-refractivity contribution is -0.870. The molecule has 3 atom stereocenters. The molecule has 506 valence electrons. The maximum Gasteiger partial charge on any atom is 0.472 e. The highest BCUT2D eigenvalue weighted by atomic mass is 31.2. The Hall–Kier alpha value is -1.02. The van der Waals surface area contributed by atoms with Gasteiger partial charge in [0.25, 0.3) is 0 Å². The SMILES string of the molecule is CCCCCCC/C=C\C/C=C\CCCCCCCCCCCCCCCCCCCCCCCCCCCCCCCC(=O)NC(COP(=O)(O)OCC[N+](C)(C)C)C(O)CCCCCCCCCCCCCCCCCCCCCCCC. The molecule has 0 aliphatic carbocycles. The number of aliphatic hydroxyl groups excluding tert-OH is 1. The summed E-state index contributed by atoms with van der Waals surface area (Å²) in [5.41, 5.74) is 0. The highest BCUT2D eigenvalue weighted by Gasteiger charge is 2.28. The van der Waals surface area contributed by atoms with Crippen LogP contribution in [0.25, 0.3) is 0 Å². The Morgan fingerprint density at radius 3 is 0.965 bits per heavy atom. The van der Waals surface area contributed by atoms with Gasteiger partial charge in [0, 0.05) is 6.42 Å². The predicted molar refractivity (Wildman–Crippen MR) is 374 cm³/mol. The third-order valence-corrected chi connectivity index (χ3v) is 18.9. The van der Waals surface area contributed by atoms with Crippen molar-refractivity contribution >= 4 is 13.7 Å². The first kappa shape index (κ1) is 84.0. The van der Waals surface area contributed by atoms with Gasteiger partial charge >= 0.3 is 7.82 Å². The molecule has 0 bridgehead atoms. The van der Waals surface area contributed by atoms with Crippen molar-refractivity contribution in [2.24, 2.45) is 0 Å². The van der Waals surface area contributed by atoms with E-state index in [2.05, 4.69) is 43.5 Å². The average molecular weight is 1220 g/mol. The minimum absolute atomic E-state index is 0.0784. The number of aliphatic hydroxyl groups is 1. The maximum absolute atomic E-state index is 13.1. The molecule has 0 aromatic carbocycles. The van der Waals surface area contributed by atoms with Crippen LogP contribution in [0.4, 0.5) is 0 Å². The molecule has 0 aromatic heterocycles. The molecule has 0 spiro atoms. The van der Waals surface area contributed by atoms with E-state index in [4.69, 9.17) is 9.05 Å². The van der Waals surface area contributed by atoms with E-state index in [9.17, 15) is 19.4 Å². The van der Waals surface area contributed by atoms with Gasteiger partial charge in [-0.3, -0.25) is 13.8 Å². The fourth-order valence-corrected chi connectivity index (χ4v) is 12.8. The van der Waals surface area contributed by atoms with Crippen LogP contribution in [-0.4, -0.2) is 73.4 Å². The van der Waals surface area contributed by atoms with Crippen molar-refractivity contribution in [1.82, 2.24) is 5.32 Å². The molecular weight excluding hydrogens is 1070 g/mol. The number of hydrogen-bond donors (Lipinski definition) is 3. The van der Waals surface area contributed by atoms with Gasteiger partial charge in [-0.2, -0.15) is 0 Å². The lowest BCUT2D eigenvalue weighted by Crippen LogP contribution is -2.46. The molecule has 3 unspecified atom stereocenters. The summed E-state index contributed by atoms with van der Waals surface area (Å²) in [7, 11) is 1.64. The van der Waals surface area contributed by atoms with E-state index in [0.717, 1.165) is 44.9 Å². The average Bonchev–Trinajstić information content (AvgIpc) is 3.48. The van der Waals surface area contributed by atoms with Crippen LogP contribution in [0.3, 0.4) is 0 Å². The number of carbonyl (C=O) groups excluding carboxylic acids is 1. The van der Waals surface area contributed by atoms with Gasteiger partial charge in [-0.15, -0.1) is 0 Å². The van der Waals surface area contributed by atoms with Crippen LogP contribution >= 0.6 is 7.82 Å². The lowest BCUT2D eigenvalue weighted by atomic mass is 10.0. The van der Waals surface area contributed by atoms with Gasteiger partial charge in [0.15, 0.2) is 0 Å². The largest absolute Gasteiger partial charge is 0.472 e. The van der Waals surface area contributed by atoms with Crippen molar-refractivity contribution in [2.75, 3.05) is 40.9 Å². The van der Waals surface area contributed by atoms with Gasteiger partial charge in [0.05, 0.1) is 39.9 Å². The summed E-state index contributed by atoms with van der Waals surface area (Å²) >= 11 is 0. The minimum Gasteiger partial charge on any atom is -0.391 e. The Bertz CT molecular complexity index is 1430. The van der Waals surface area contributed by atoms with Gasteiger partial charge in [-0.25, -0.2) is 4.57 Å². The molecule has 0 radical (unpaired) electrons. The van der Waals surface area contributed by atoms with Crippen molar-refractivity contribution in [2.45, 2.75) is 418 Å². The normalized spacial score (nSPS) is 13.6. The van der Waals surface area contributed by atoms with Gasteiger partial charge in [-0.05, 0) is 44.9 Å². The molecule has 1 amide bonds. The van der Waals surface area contributed by atoms with E-state index >= 15 is 0 Å². The van der Waals surface area contributed by atoms with E-state index < -0.39 is 20.0 Å². The standard InChI is InChI=1S/C76H151N2O6P/c1-6-8-10-12-14-16-18-20-22-24-26-28-30-31-32-33-34-35-36-37-38-39-40-41-42-43-44-45-46-47-48-50-52-54-56-58-60-62-64-66-68-70-76(80)77-74(73-84-85(81,82)83-72-71-78(3,4)5)75(79)69-67-65-63-61-59-57-55-53-51-49-29-27-25-23-21-19-17-15-13-11-9-7-2/h18,20,24,26,74-75,79H,6-17,19,21-23,25,27-73H2,1-5H3,(H-,77,80,81,82)/p+1/b20-18-,26-24-. The summed E-state index contributed by atoms with van der Waals surface area (Å²) in [6.07, 6.45) is 88.9. The fourth-order valence-electron chi connectivity index (χ4n) is 12.0. The van der Waals surface area contributed by atoms with E-state index in [-0.39, 0.29) is 19.1 Å². The summed E-state index contributed by atoms with van der Waals surface area (Å²) in [5, 5.41) is 14.2. The molecule has 85 heavy (non-hydrogen) atoms. The van der Waals surface area contributed by atoms with Gasteiger partial charge in [0.2, 0.25) is 5.91 Å². The summed E-state index contributed by atoms with van der Waals surface area (Å²) < 4.78 is 23.9. The molecule has 0 saturated carbocycles. The van der Waals surface area contributed by atoms with E-state index in [0.29, 0.717) is 23.9 Å². The minimum atomic E-state index is -4.33. The Balaban J connectivity index is 3.86.